The quantitative estimate of drug-likeness (QED) is 0.828. The van der Waals surface area contributed by atoms with E-state index in [-0.39, 0.29) is 17.1 Å². The second-order valence-corrected chi connectivity index (χ2v) is 6.35. The Bertz CT molecular complexity index is 700. The first-order chi connectivity index (χ1) is 10.1. The third-order valence-electron chi connectivity index (χ3n) is 3.73. The molecule has 0 radical (unpaired) electrons. The third-order valence-corrected chi connectivity index (χ3v) is 4.47. The van der Waals surface area contributed by atoms with Crippen molar-refractivity contribution in [2.24, 2.45) is 7.05 Å². The van der Waals surface area contributed by atoms with Crippen LogP contribution in [-0.4, -0.2) is 20.7 Å². The number of hydrogen-bond donors (Lipinski definition) is 1. The molecular weight excluding hydrogens is 356 g/mol. The predicted octanol–water partition coefficient (Wildman–Crippen LogP) is 3.04. The average molecular weight is 370 g/mol. The molecule has 1 atom stereocenters. The van der Waals surface area contributed by atoms with E-state index in [9.17, 15) is 4.79 Å². The van der Waals surface area contributed by atoms with E-state index in [1.807, 2.05) is 17.9 Å². The first kappa shape index (κ1) is 14.5. The lowest BCUT2D eigenvalue weighted by Gasteiger charge is -2.24. The molecule has 2 aromatic rings. The average Bonchev–Trinajstić information content (AvgIpc) is 2.84. The first-order valence-electron chi connectivity index (χ1n) is 6.69. The van der Waals surface area contributed by atoms with Gasteiger partial charge in [0.25, 0.3) is 5.91 Å². The fourth-order valence-electron chi connectivity index (χ4n) is 2.67. The van der Waals surface area contributed by atoms with Gasteiger partial charge in [-0.25, -0.2) is 4.98 Å². The zero-order valence-corrected chi connectivity index (χ0v) is 13.8. The Labute approximate surface area is 135 Å². The summed E-state index contributed by atoms with van der Waals surface area (Å²) in [7, 11) is 1.93. The van der Waals surface area contributed by atoms with Gasteiger partial charge in [0.05, 0.1) is 17.8 Å². The van der Waals surface area contributed by atoms with Crippen LogP contribution in [0.15, 0.2) is 22.9 Å². The Balaban J connectivity index is 1.84. The second kappa shape index (κ2) is 5.77. The van der Waals surface area contributed by atoms with Gasteiger partial charge in [0, 0.05) is 29.0 Å². The fraction of sp³-hybridized carbons (Fsp3) is 0.357. The molecule has 21 heavy (non-hydrogen) atoms. The van der Waals surface area contributed by atoms with Gasteiger partial charge in [0.1, 0.15) is 5.15 Å². The molecule has 3 rings (SSSR count). The Kier molecular flexibility index (Phi) is 3.99. The minimum atomic E-state index is -0.212. The summed E-state index contributed by atoms with van der Waals surface area (Å²) < 4.78 is 2.60. The van der Waals surface area contributed by atoms with Crippen LogP contribution in [0.25, 0.3) is 0 Å². The minimum absolute atomic E-state index is 0.0231. The topological polar surface area (TPSA) is 59.8 Å². The van der Waals surface area contributed by atoms with E-state index in [1.54, 1.807) is 12.3 Å². The van der Waals surface area contributed by atoms with Crippen LogP contribution >= 0.6 is 27.5 Å². The number of carbonyl (C=O) groups excluding carboxylic acids is 1. The Hall–Kier alpha value is -1.40. The Morgan fingerprint density at radius 2 is 2.33 bits per heavy atom. The normalized spacial score (nSPS) is 17.4. The van der Waals surface area contributed by atoms with Gasteiger partial charge in [-0.15, -0.1) is 0 Å². The lowest BCUT2D eigenvalue weighted by atomic mass is 9.93. The van der Waals surface area contributed by atoms with Gasteiger partial charge in [-0.2, -0.15) is 5.10 Å². The molecule has 0 bridgehead atoms. The van der Waals surface area contributed by atoms with Crippen molar-refractivity contribution in [1.29, 1.82) is 0 Å². The van der Waals surface area contributed by atoms with Gasteiger partial charge in [-0.05, 0) is 41.3 Å². The third kappa shape index (κ3) is 2.82. The molecule has 2 aromatic heterocycles. The van der Waals surface area contributed by atoms with Crippen molar-refractivity contribution in [3.63, 3.8) is 0 Å². The van der Waals surface area contributed by atoms with Crippen LogP contribution in [0.5, 0.6) is 0 Å². The minimum Gasteiger partial charge on any atom is -0.345 e. The maximum Gasteiger partial charge on any atom is 0.254 e. The van der Waals surface area contributed by atoms with Gasteiger partial charge < -0.3 is 5.32 Å². The molecule has 5 nitrogen and oxygen atoms in total. The fourth-order valence-corrected chi connectivity index (χ4v) is 3.19. The molecule has 2 heterocycles. The molecule has 0 saturated carbocycles. The number of aromatic nitrogens is 3. The zero-order valence-electron chi connectivity index (χ0n) is 11.4. The summed E-state index contributed by atoms with van der Waals surface area (Å²) in [5.41, 5.74) is 2.66. The van der Waals surface area contributed by atoms with Crippen LogP contribution in [0.3, 0.4) is 0 Å². The number of fused-ring (bicyclic) bond motifs is 1. The van der Waals surface area contributed by atoms with Gasteiger partial charge in [-0.3, -0.25) is 9.48 Å². The molecule has 0 fully saturated rings. The summed E-state index contributed by atoms with van der Waals surface area (Å²) in [6.45, 7) is 0. The molecule has 1 N–H and O–H groups in total. The molecule has 0 aromatic carbocycles. The van der Waals surface area contributed by atoms with Crippen LogP contribution in [0.2, 0.25) is 5.15 Å². The van der Waals surface area contributed by atoms with Crippen LogP contribution in [0.1, 0.15) is 40.5 Å². The van der Waals surface area contributed by atoms with Crippen molar-refractivity contribution >= 4 is 33.4 Å². The van der Waals surface area contributed by atoms with Gasteiger partial charge >= 0.3 is 0 Å². The monoisotopic (exact) mass is 368 g/mol. The Morgan fingerprint density at radius 3 is 3.14 bits per heavy atom. The van der Waals surface area contributed by atoms with Crippen molar-refractivity contribution in [2.75, 3.05) is 0 Å². The molecular formula is C14H14BrClN4O. The van der Waals surface area contributed by atoms with E-state index < -0.39 is 0 Å². The highest BCUT2D eigenvalue weighted by Gasteiger charge is 2.25. The van der Waals surface area contributed by atoms with Crippen LogP contribution in [-0.2, 0) is 13.5 Å². The van der Waals surface area contributed by atoms with Crippen LogP contribution in [0, 0.1) is 0 Å². The number of nitrogens with one attached hydrogen (secondary N) is 1. The maximum absolute atomic E-state index is 12.4. The molecule has 0 aliphatic heterocycles. The molecule has 1 aliphatic rings. The molecule has 1 amide bonds. The number of pyridine rings is 1. The van der Waals surface area contributed by atoms with E-state index in [0.29, 0.717) is 5.56 Å². The summed E-state index contributed by atoms with van der Waals surface area (Å²) >= 11 is 9.31. The number of hydrogen-bond acceptors (Lipinski definition) is 3. The van der Waals surface area contributed by atoms with Crippen molar-refractivity contribution < 1.29 is 4.79 Å². The van der Waals surface area contributed by atoms with Crippen LogP contribution < -0.4 is 5.32 Å². The van der Waals surface area contributed by atoms with Crippen molar-refractivity contribution in [2.45, 2.75) is 25.3 Å². The van der Waals surface area contributed by atoms with Gasteiger partial charge in [0.2, 0.25) is 0 Å². The highest BCUT2D eigenvalue weighted by Crippen LogP contribution is 2.30. The second-order valence-electron chi connectivity index (χ2n) is 5.08. The summed E-state index contributed by atoms with van der Waals surface area (Å²) in [6.07, 6.45) is 6.34. The number of amides is 1. The Morgan fingerprint density at radius 1 is 1.52 bits per heavy atom. The van der Waals surface area contributed by atoms with Crippen molar-refractivity contribution in [3.05, 3.63) is 44.9 Å². The highest BCUT2D eigenvalue weighted by atomic mass is 79.9. The van der Waals surface area contributed by atoms with Crippen molar-refractivity contribution in [3.8, 4) is 0 Å². The number of rotatable bonds is 2. The SMILES string of the molecule is Cn1ncc2c1CCCC2NC(=O)c1cc(Br)cnc1Cl. The lowest BCUT2D eigenvalue weighted by Crippen LogP contribution is -2.31. The van der Waals surface area contributed by atoms with E-state index in [2.05, 4.69) is 31.3 Å². The number of carbonyl (C=O) groups is 1. The lowest BCUT2D eigenvalue weighted by molar-refractivity contribution is 0.0932. The largest absolute Gasteiger partial charge is 0.345 e. The number of halogens is 2. The van der Waals surface area contributed by atoms with Gasteiger partial charge in [0.15, 0.2) is 0 Å². The summed E-state index contributed by atoms with van der Waals surface area (Å²) in [5, 5.41) is 7.52. The van der Waals surface area contributed by atoms with E-state index >= 15 is 0 Å². The molecule has 7 heteroatoms. The molecule has 0 saturated heterocycles. The number of aryl methyl sites for hydroxylation is 1. The molecule has 1 unspecified atom stereocenters. The molecule has 1 aliphatic carbocycles. The maximum atomic E-state index is 12.4. The number of nitrogens with zero attached hydrogens (tertiary/aromatic N) is 3. The predicted molar refractivity (Wildman–Crippen MR) is 83.3 cm³/mol. The standard InChI is InChI=1S/C14H14BrClN4O/c1-20-12-4-2-3-11(10(12)7-18-20)19-14(21)9-5-8(15)6-17-13(9)16/h5-7,11H,2-4H2,1H3,(H,19,21). The summed E-state index contributed by atoms with van der Waals surface area (Å²) in [6, 6.07) is 1.66. The zero-order chi connectivity index (χ0) is 15.0. The van der Waals surface area contributed by atoms with Gasteiger partial charge in [-0.1, -0.05) is 11.6 Å². The van der Waals surface area contributed by atoms with E-state index in [1.165, 1.54) is 5.69 Å². The summed E-state index contributed by atoms with van der Waals surface area (Å²) in [4.78, 5) is 16.4. The van der Waals surface area contributed by atoms with E-state index in [4.69, 9.17) is 11.6 Å². The van der Waals surface area contributed by atoms with Crippen molar-refractivity contribution in [1.82, 2.24) is 20.1 Å². The summed E-state index contributed by atoms with van der Waals surface area (Å²) in [5.74, 6) is -0.212. The highest BCUT2D eigenvalue weighted by molar-refractivity contribution is 9.10. The van der Waals surface area contributed by atoms with E-state index in [0.717, 1.165) is 29.3 Å². The molecule has 110 valence electrons. The van der Waals surface area contributed by atoms with Crippen LogP contribution in [0.4, 0.5) is 0 Å². The first-order valence-corrected chi connectivity index (χ1v) is 7.86. The molecule has 0 spiro atoms. The smallest absolute Gasteiger partial charge is 0.254 e.